The Kier molecular flexibility index (Phi) is 5.35. The first-order valence-electron chi connectivity index (χ1n) is 7.35. The molecule has 4 nitrogen and oxygen atoms in total. The van der Waals surface area contributed by atoms with Gasteiger partial charge in [0.1, 0.15) is 5.82 Å². The van der Waals surface area contributed by atoms with Crippen molar-refractivity contribution in [3.05, 3.63) is 35.6 Å². The summed E-state index contributed by atoms with van der Waals surface area (Å²) in [6.45, 7) is 4.20. The predicted octanol–water partition coefficient (Wildman–Crippen LogP) is 2.07. The molecule has 21 heavy (non-hydrogen) atoms. The van der Waals surface area contributed by atoms with Gasteiger partial charge in [-0.15, -0.1) is 0 Å². The molecule has 0 bridgehead atoms. The average molecular weight is 314 g/mol. The molecule has 118 valence electrons. The van der Waals surface area contributed by atoms with Crippen LogP contribution in [0.15, 0.2) is 24.3 Å². The molecule has 0 atom stereocenters. The number of likely N-dealkylation sites (tertiary alicyclic amines) is 1. The highest BCUT2D eigenvalue weighted by atomic mass is 32.2. The van der Waals surface area contributed by atoms with Crippen molar-refractivity contribution in [1.82, 2.24) is 9.21 Å². The number of sulfonamides is 1. The number of nitrogens with zero attached hydrogens (tertiary/aromatic N) is 2. The molecular formula is C15H23FN2O2S. The third-order valence-electron chi connectivity index (χ3n) is 4.19. The molecule has 2 rings (SSSR count). The van der Waals surface area contributed by atoms with Gasteiger partial charge in [0.15, 0.2) is 0 Å². The Morgan fingerprint density at radius 1 is 1.24 bits per heavy atom. The first-order chi connectivity index (χ1) is 9.92. The van der Waals surface area contributed by atoms with Crippen molar-refractivity contribution >= 4 is 10.0 Å². The molecule has 1 heterocycles. The van der Waals surface area contributed by atoms with Gasteiger partial charge in [0.05, 0.1) is 5.75 Å². The molecule has 0 saturated carbocycles. The van der Waals surface area contributed by atoms with Gasteiger partial charge in [0, 0.05) is 32.7 Å². The Labute approximate surface area is 126 Å². The first kappa shape index (κ1) is 16.4. The molecule has 1 aromatic rings. The largest absolute Gasteiger partial charge is 0.299 e. The van der Waals surface area contributed by atoms with Crippen LogP contribution in [0, 0.1) is 5.82 Å². The summed E-state index contributed by atoms with van der Waals surface area (Å²) in [5.74, 6) is -0.0666. The predicted molar refractivity (Wildman–Crippen MR) is 81.9 cm³/mol. The summed E-state index contributed by atoms with van der Waals surface area (Å²) in [5, 5.41) is 0. The van der Waals surface area contributed by atoms with E-state index in [1.165, 1.54) is 16.4 Å². The highest BCUT2D eigenvalue weighted by Gasteiger charge is 2.28. The Bertz CT molecular complexity index is 552. The van der Waals surface area contributed by atoms with Gasteiger partial charge in [-0.05, 0) is 37.5 Å². The Balaban J connectivity index is 1.87. The lowest BCUT2D eigenvalue weighted by atomic mass is 10.0. The molecule has 0 N–H and O–H groups in total. The van der Waals surface area contributed by atoms with Gasteiger partial charge < -0.3 is 0 Å². The smallest absolute Gasteiger partial charge is 0.213 e. The van der Waals surface area contributed by atoms with E-state index in [2.05, 4.69) is 4.90 Å². The number of hydrogen-bond donors (Lipinski definition) is 0. The summed E-state index contributed by atoms with van der Waals surface area (Å²) >= 11 is 0. The van der Waals surface area contributed by atoms with Crippen LogP contribution in [0.25, 0.3) is 0 Å². The molecule has 0 aromatic heterocycles. The lowest BCUT2D eigenvalue weighted by Crippen LogP contribution is -2.45. The van der Waals surface area contributed by atoms with Crippen LogP contribution in [0.1, 0.15) is 25.3 Å². The lowest BCUT2D eigenvalue weighted by Gasteiger charge is -2.36. The van der Waals surface area contributed by atoms with Crippen molar-refractivity contribution in [3.8, 4) is 0 Å². The quantitative estimate of drug-likeness (QED) is 0.835. The molecule has 6 heteroatoms. The summed E-state index contributed by atoms with van der Waals surface area (Å²) in [6, 6.07) is 6.65. The molecule has 1 aliphatic heterocycles. The summed E-state index contributed by atoms with van der Waals surface area (Å²) < 4.78 is 38.2. The molecule has 0 aliphatic carbocycles. The highest BCUT2D eigenvalue weighted by molar-refractivity contribution is 7.89. The Morgan fingerprint density at radius 3 is 2.33 bits per heavy atom. The summed E-state index contributed by atoms with van der Waals surface area (Å²) in [6.07, 6.45) is 1.69. The zero-order valence-electron chi connectivity index (χ0n) is 12.6. The van der Waals surface area contributed by atoms with Crippen LogP contribution in [0.5, 0.6) is 0 Å². The van der Waals surface area contributed by atoms with Crippen molar-refractivity contribution < 1.29 is 12.8 Å². The van der Waals surface area contributed by atoms with Gasteiger partial charge in [-0.25, -0.2) is 17.1 Å². The van der Waals surface area contributed by atoms with Crippen LogP contribution < -0.4 is 0 Å². The summed E-state index contributed by atoms with van der Waals surface area (Å²) in [5.41, 5.74) is 1.09. The van der Waals surface area contributed by atoms with Crippen molar-refractivity contribution in [2.24, 2.45) is 0 Å². The maximum Gasteiger partial charge on any atom is 0.213 e. The Hall–Kier alpha value is -0.980. The third-order valence-corrected chi connectivity index (χ3v) is 6.10. The van der Waals surface area contributed by atoms with Crippen molar-refractivity contribution in [2.45, 2.75) is 32.4 Å². The molecule has 1 aliphatic rings. The first-order valence-corrected chi connectivity index (χ1v) is 8.96. The Morgan fingerprint density at radius 2 is 1.81 bits per heavy atom. The van der Waals surface area contributed by atoms with E-state index in [9.17, 15) is 12.8 Å². The molecule has 1 aromatic carbocycles. The monoisotopic (exact) mass is 314 g/mol. The van der Waals surface area contributed by atoms with Crippen molar-refractivity contribution in [1.29, 1.82) is 0 Å². The number of benzene rings is 1. The summed E-state index contributed by atoms with van der Waals surface area (Å²) in [4.78, 5) is 2.29. The molecule has 0 spiro atoms. The van der Waals surface area contributed by atoms with Gasteiger partial charge in [0.25, 0.3) is 0 Å². The van der Waals surface area contributed by atoms with E-state index in [0.717, 1.165) is 38.0 Å². The van der Waals surface area contributed by atoms with Crippen LogP contribution in [0.4, 0.5) is 4.39 Å². The molecule has 1 fully saturated rings. The van der Waals surface area contributed by atoms with Crippen LogP contribution in [0.3, 0.4) is 0 Å². The SMILES string of the molecule is CCS(=O)(=O)N(C)C1CCN(Cc2ccc(F)cc2)CC1. The normalized spacial score (nSPS) is 18.3. The number of piperidine rings is 1. The number of rotatable bonds is 5. The molecular weight excluding hydrogens is 291 g/mol. The zero-order chi connectivity index (χ0) is 15.5. The second kappa shape index (κ2) is 6.85. The fourth-order valence-electron chi connectivity index (χ4n) is 2.72. The minimum absolute atomic E-state index is 0.0967. The van der Waals surface area contributed by atoms with Crippen LogP contribution in [0.2, 0.25) is 0 Å². The van der Waals surface area contributed by atoms with Crippen molar-refractivity contribution in [2.75, 3.05) is 25.9 Å². The summed E-state index contributed by atoms with van der Waals surface area (Å²) in [7, 11) is -1.43. The van der Waals surface area contributed by atoms with Crippen LogP contribution in [-0.4, -0.2) is 49.6 Å². The molecule has 0 unspecified atom stereocenters. The lowest BCUT2D eigenvalue weighted by molar-refractivity contribution is 0.164. The van der Waals surface area contributed by atoms with E-state index in [-0.39, 0.29) is 17.6 Å². The maximum atomic E-state index is 12.9. The van der Waals surface area contributed by atoms with Gasteiger partial charge in [0.2, 0.25) is 10.0 Å². The van der Waals surface area contributed by atoms with E-state index in [1.807, 2.05) is 0 Å². The second-order valence-electron chi connectivity index (χ2n) is 5.55. The fourth-order valence-corrected chi connectivity index (χ4v) is 3.79. The van der Waals surface area contributed by atoms with E-state index < -0.39 is 10.0 Å². The van der Waals surface area contributed by atoms with E-state index in [0.29, 0.717) is 0 Å². The van der Waals surface area contributed by atoms with Crippen LogP contribution in [-0.2, 0) is 16.6 Å². The zero-order valence-corrected chi connectivity index (χ0v) is 13.4. The van der Waals surface area contributed by atoms with Gasteiger partial charge in [-0.1, -0.05) is 12.1 Å². The topological polar surface area (TPSA) is 40.6 Å². The van der Waals surface area contributed by atoms with E-state index >= 15 is 0 Å². The minimum Gasteiger partial charge on any atom is -0.299 e. The number of halogens is 1. The minimum atomic E-state index is -3.11. The highest BCUT2D eigenvalue weighted by Crippen LogP contribution is 2.20. The van der Waals surface area contributed by atoms with Crippen LogP contribution >= 0.6 is 0 Å². The van der Waals surface area contributed by atoms with E-state index in [4.69, 9.17) is 0 Å². The number of hydrogen-bond acceptors (Lipinski definition) is 3. The van der Waals surface area contributed by atoms with Gasteiger partial charge >= 0.3 is 0 Å². The molecule has 1 saturated heterocycles. The fraction of sp³-hybridized carbons (Fsp3) is 0.600. The molecule has 0 radical (unpaired) electrons. The van der Waals surface area contributed by atoms with E-state index in [1.54, 1.807) is 26.1 Å². The third kappa shape index (κ3) is 4.25. The van der Waals surface area contributed by atoms with Crippen molar-refractivity contribution in [3.63, 3.8) is 0 Å². The average Bonchev–Trinajstić information content (AvgIpc) is 2.49. The van der Waals surface area contributed by atoms with Gasteiger partial charge in [-0.3, -0.25) is 4.90 Å². The molecule has 0 amide bonds. The maximum absolute atomic E-state index is 12.9. The second-order valence-corrected chi connectivity index (χ2v) is 7.87. The standard InChI is InChI=1S/C15H23FN2O2S/c1-3-21(19,20)17(2)15-8-10-18(11-9-15)12-13-4-6-14(16)7-5-13/h4-7,15H,3,8-12H2,1-2H3. The van der Waals surface area contributed by atoms with Gasteiger partial charge in [-0.2, -0.15) is 0 Å².